The molecule has 2 aromatic heterocycles. The fraction of sp³-hybridized carbons (Fsp3) is 0.562. The molecular weight excluding hydrogens is 294 g/mol. The third kappa shape index (κ3) is 3.17. The van der Waals surface area contributed by atoms with E-state index in [1.165, 1.54) is 22.5 Å². The summed E-state index contributed by atoms with van der Waals surface area (Å²) in [5.74, 6) is 0. The molecule has 0 saturated heterocycles. The van der Waals surface area contributed by atoms with Gasteiger partial charge in [0, 0.05) is 55.6 Å². The molecule has 0 unspecified atom stereocenters. The van der Waals surface area contributed by atoms with E-state index in [1.54, 1.807) is 11.8 Å². The molecule has 0 saturated carbocycles. The van der Waals surface area contributed by atoms with Crippen LogP contribution in [0.3, 0.4) is 0 Å². The smallest absolute Gasteiger partial charge is 0.187 e. The number of rotatable bonds is 5. The highest BCUT2D eigenvalue weighted by atomic mass is 32.2. The second-order valence-corrected chi connectivity index (χ2v) is 6.54. The maximum atomic E-state index is 4.63. The van der Waals surface area contributed by atoms with Gasteiger partial charge in [0.25, 0.3) is 0 Å². The Morgan fingerprint density at radius 3 is 2.95 bits per heavy atom. The third-order valence-electron chi connectivity index (χ3n) is 4.21. The van der Waals surface area contributed by atoms with E-state index in [0.29, 0.717) is 0 Å². The van der Waals surface area contributed by atoms with Gasteiger partial charge in [-0.25, -0.2) is 9.97 Å². The van der Waals surface area contributed by atoms with Crippen molar-refractivity contribution in [1.29, 1.82) is 0 Å². The molecule has 0 N–H and O–H groups in total. The lowest BCUT2D eigenvalue weighted by molar-refractivity contribution is 0.241. The number of aryl methyl sites for hydroxylation is 1. The highest BCUT2D eigenvalue weighted by Crippen LogP contribution is 2.21. The van der Waals surface area contributed by atoms with Gasteiger partial charge in [0.2, 0.25) is 0 Å². The molecule has 3 heterocycles. The first-order valence-corrected chi connectivity index (χ1v) is 9.06. The molecule has 0 fully saturated rings. The summed E-state index contributed by atoms with van der Waals surface area (Å²) in [5, 5.41) is 5.38. The quantitative estimate of drug-likeness (QED) is 0.627. The molecule has 0 spiro atoms. The zero-order valence-electron chi connectivity index (χ0n) is 13.5. The minimum absolute atomic E-state index is 0.879. The number of nitrogens with zero attached hydrogens (tertiary/aromatic N) is 5. The van der Waals surface area contributed by atoms with E-state index >= 15 is 0 Å². The van der Waals surface area contributed by atoms with Crippen molar-refractivity contribution in [2.24, 2.45) is 0 Å². The molecule has 0 bridgehead atoms. The Morgan fingerprint density at radius 2 is 2.18 bits per heavy atom. The van der Waals surface area contributed by atoms with Crippen molar-refractivity contribution >= 4 is 11.8 Å². The summed E-state index contributed by atoms with van der Waals surface area (Å²) in [5.41, 5.74) is 5.11. The van der Waals surface area contributed by atoms with Crippen LogP contribution in [-0.4, -0.2) is 37.4 Å². The van der Waals surface area contributed by atoms with Gasteiger partial charge >= 0.3 is 0 Å². The van der Waals surface area contributed by atoms with Crippen LogP contribution in [0.5, 0.6) is 0 Å². The summed E-state index contributed by atoms with van der Waals surface area (Å²) >= 11 is 1.61. The molecule has 5 nitrogen and oxygen atoms in total. The van der Waals surface area contributed by atoms with Crippen molar-refractivity contribution in [2.45, 2.75) is 51.5 Å². The fourth-order valence-electron chi connectivity index (χ4n) is 2.91. The summed E-state index contributed by atoms with van der Waals surface area (Å²) in [7, 11) is 0. The van der Waals surface area contributed by atoms with Crippen LogP contribution in [0.2, 0.25) is 0 Å². The lowest BCUT2D eigenvalue weighted by Crippen LogP contribution is -2.31. The van der Waals surface area contributed by atoms with E-state index in [2.05, 4.69) is 38.5 Å². The van der Waals surface area contributed by atoms with Crippen LogP contribution in [0, 0.1) is 6.92 Å². The molecule has 0 amide bonds. The highest BCUT2D eigenvalue weighted by molar-refractivity contribution is 7.98. The second-order valence-electron chi connectivity index (χ2n) is 5.77. The molecule has 3 rings (SSSR count). The van der Waals surface area contributed by atoms with E-state index < -0.39 is 0 Å². The summed E-state index contributed by atoms with van der Waals surface area (Å²) < 4.78 is 2.11. The normalized spacial score (nSPS) is 15.0. The molecular formula is C16H23N5S. The van der Waals surface area contributed by atoms with Crippen LogP contribution in [0.1, 0.15) is 35.9 Å². The predicted octanol–water partition coefficient (Wildman–Crippen LogP) is 2.67. The van der Waals surface area contributed by atoms with Gasteiger partial charge in [0.05, 0.1) is 11.9 Å². The van der Waals surface area contributed by atoms with Gasteiger partial charge in [0.1, 0.15) is 0 Å². The van der Waals surface area contributed by atoms with Gasteiger partial charge in [0.15, 0.2) is 5.16 Å². The largest absolute Gasteiger partial charge is 0.294 e. The lowest BCUT2D eigenvalue weighted by Gasteiger charge is -2.27. The Labute approximate surface area is 136 Å². The minimum Gasteiger partial charge on any atom is -0.294 e. The van der Waals surface area contributed by atoms with Crippen molar-refractivity contribution in [1.82, 2.24) is 24.6 Å². The van der Waals surface area contributed by atoms with Crippen LogP contribution in [0.25, 0.3) is 0 Å². The Hall–Kier alpha value is -1.40. The average Bonchev–Trinajstić information content (AvgIpc) is 2.88. The molecule has 0 aliphatic carbocycles. The van der Waals surface area contributed by atoms with Gasteiger partial charge in [-0.2, -0.15) is 5.10 Å². The first-order valence-electron chi connectivity index (χ1n) is 7.83. The Bertz CT molecular complexity index is 652. The van der Waals surface area contributed by atoms with E-state index in [0.717, 1.165) is 44.2 Å². The zero-order chi connectivity index (χ0) is 15.5. The topological polar surface area (TPSA) is 46.8 Å². The van der Waals surface area contributed by atoms with E-state index in [9.17, 15) is 0 Å². The fourth-order valence-corrected chi connectivity index (χ4v) is 3.27. The number of hydrogen-bond donors (Lipinski definition) is 0. The molecule has 2 aromatic rings. The summed E-state index contributed by atoms with van der Waals surface area (Å²) in [6.07, 6.45) is 8.16. The van der Waals surface area contributed by atoms with E-state index in [4.69, 9.17) is 0 Å². The maximum Gasteiger partial charge on any atom is 0.187 e. The van der Waals surface area contributed by atoms with Gasteiger partial charge in [-0.05, 0) is 19.6 Å². The monoisotopic (exact) mass is 317 g/mol. The summed E-state index contributed by atoms with van der Waals surface area (Å²) in [4.78, 5) is 11.5. The number of hydrogen-bond acceptors (Lipinski definition) is 5. The lowest BCUT2D eigenvalue weighted by atomic mass is 10.1. The summed E-state index contributed by atoms with van der Waals surface area (Å²) in [6.45, 7) is 8.30. The molecule has 0 radical (unpaired) electrons. The highest BCUT2D eigenvalue weighted by Gasteiger charge is 2.19. The van der Waals surface area contributed by atoms with Crippen molar-refractivity contribution in [3.05, 3.63) is 34.9 Å². The van der Waals surface area contributed by atoms with Gasteiger partial charge in [-0.1, -0.05) is 18.7 Å². The molecule has 0 aromatic carbocycles. The first kappa shape index (κ1) is 15.5. The van der Waals surface area contributed by atoms with E-state index in [-0.39, 0.29) is 0 Å². The Kier molecular flexibility index (Phi) is 4.78. The minimum atomic E-state index is 0.879. The van der Waals surface area contributed by atoms with E-state index in [1.807, 2.05) is 18.6 Å². The standard InChI is InChI=1S/C16H23N5S/c1-4-6-21-12(2)13(9-18-21)10-20-7-5-15-14(11-20)8-17-16(19-15)22-3/h8-9H,4-7,10-11H2,1-3H3. The molecule has 6 heteroatoms. The SMILES string of the molecule is CCCn1ncc(CN2CCc3nc(SC)ncc3C2)c1C. The number of thioether (sulfide) groups is 1. The molecule has 1 aliphatic rings. The Balaban J connectivity index is 1.70. The second kappa shape index (κ2) is 6.79. The van der Waals surface area contributed by atoms with Crippen LogP contribution in [-0.2, 0) is 26.1 Å². The van der Waals surface area contributed by atoms with Crippen LogP contribution in [0.4, 0.5) is 0 Å². The molecule has 0 atom stereocenters. The van der Waals surface area contributed by atoms with Gasteiger partial charge < -0.3 is 0 Å². The third-order valence-corrected chi connectivity index (χ3v) is 4.77. The zero-order valence-corrected chi connectivity index (χ0v) is 14.4. The Morgan fingerprint density at radius 1 is 1.32 bits per heavy atom. The molecule has 1 aliphatic heterocycles. The van der Waals surface area contributed by atoms with Crippen LogP contribution >= 0.6 is 11.8 Å². The maximum absolute atomic E-state index is 4.63. The molecule has 22 heavy (non-hydrogen) atoms. The predicted molar refractivity (Wildman–Crippen MR) is 88.9 cm³/mol. The van der Waals surface area contributed by atoms with Gasteiger partial charge in [-0.15, -0.1) is 0 Å². The molecule has 118 valence electrons. The van der Waals surface area contributed by atoms with Gasteiger partial charge in [-0.3, -0.25) is 9.58 Å². The summed E-state index contributed by atoms with van der Waals surface area (Å²) in [6, 6.07) is 0. The van der Waals surface area contributed by atoms with Crippen molar-refractivity contribution < 1.29 is 0 Å². The van der Waals surface area contributed by atoms with Crippen molar-refractivity contribution in [3.8, 4) is 0 Å². The van der Waals surface area contributed by atoms with Crippen molar-refractivity contribution in [3.63, 3.8) is 0 Å². The van der Waals surface area contributed by atoms with Crippen molar-refractivity contribution in [2.75, 3.05) is 12.8 Å². The van der Waals surface area contributed by atoms with Crippen LogP contribution in [0.15, 0.2) is 17.6 Å². The average molecular weight is 317 g/mol. The van der Waals surface area contributed by atoms with Crippen LogP contribution < -0.4 is 0 Å². The number of aromatic nitrogens is 4. The number of fused-ring (bicyclic) bond motifs is 1. The first-order chi connectivity index (χ1) is 10.7.